The van der Waals surface area contributed by atoms with Gasteiger partial charge in [0, 0.05) is 49.7 Å². The molecule has 4 rings (SSSR count). The highest BCUT2D eigenvalue weighted by molar-refractivity contribution is 5.89. The second-order valence-electron chi connectivity index (χ2n) is 7.05. The quantitative estimate of drug-likeness (QED) is 0.642. The monoisotopic (exact) mass is 398 g/mol. The number of benzene rings is 1. The van der Waals surface area contributed by atoms with Gasteiger partial charge in [-0.3, -0.25) is 0 Å². The molecule has 0 radical (unpaired) electrons. The molecule has 0 bridgehead atoms. The summed E-state index contributed by atoms with van der Waals surface area (Å²) in [6, 6.07) is 7.05. The smallest absolute Gasteiger partial charge is 0.319 e. The van der Waals surface area contributed by atoms with Gasteiger partial charge in [-0.15, -0.1) is 0 Å². The van der Waals surface area contributed by atoms with Crippen LogP contribution in [0.4, 0.5) is 22.2 Å². The van der Waals surface area contributed by atoms with Crippen LogP contribution >= 0.6 is 0 Å². The van der Waals surface area contributed by atoms with Gasteiger partial charge in [0.05, 0.1) is 0 Å². The van der Waals surface area contributed by atoms with Crippen molar-refractivity contribution in [2.24, 2.45) is 0 Å². The Morgan fingerprint density at radius 3 is 2.69 bits per heavy atom. The number of aromatic nitrogens is 2. The van der Waals surface area contributed by atoms with Gasteiger partial charge in [0.25, 0.3) is 0 Å². The summed E-state index contributed by atoms with van der Waals surface area (Å²) in [6.07, 6.45) is 2.41. The van der Waals surface area contributed by atoms with Crippen LogP contribution in [-0.4, -0.2) is 55.4 Å². The first-order valence-electron chi connectivity index (χ1n) is 9.96. The van der Waals surface area contributed by atoms with Gasteiger partial charge in [-0.25, -0.2) is 9.78 Å². The van der Waals surface area contributed by atoms with Crippen LogP contribution in [0.2, 0.25) is 0 Å². The second kappa shape index (κ2) is 8.85. The molecule has 3 heterocycles. The zero-order chi connectivity index (χ0) is 20.1. The number of urea groups is 1. The number of aryl methyl sites for hydroxylation is 1. The molecule has 1 fully saturated rings. The van der Waals surface area contributed by atoms with Gasteiger partial charge < -0.3 is 30.3 Å². The number of hydrogen-bond donors (Lipinski definition) is 3. The fraction of sp³-hybridized carbons (Fsp3) is 0.450. The number of ether oxygens (including phenoxy) is 2. The summed E-state index contributed by atoms with van der Waals surface area (Å²) >= 11 is 0. The van der Waals surface area contributed by atoms with E-state index in [1.165, 1.54) is 12.8 Å². The van der Waals surface area contributed by atoms with E-state index in [1.807, 2.05) is 13.0 Å². The first kappa shape index (κ1) is 19.1. The molecule has 0 spiro atoms. The summed E-state index contributed by atoms with van der Waals surface area (Å²) in [5.41, 5.74) is 1.57. The summed E-state index contributed by atoms with van der Waals surface area (Å²) in [6.45, 7) is 6.05. The summed E-state index contributed by atoms with van der Waals surface area (Å²) in [7, 11) is 0. The fourth-order valence-electron chi connectivity index (χ4n) is 3.39. The summed E-state index contributed by atoms with van der Waals surface area (Å²) in [4.78, 5) is 23.4. The van der Waals surface area contributed by atoms with Gasteiger partial charge >= 0.3 is 6.03 Å². The predicted molar refractivity (Wildman–Crippen MR) is 111 cm³/mol. The molecule has 154 valence electrons. The van der Waals surface area contributed by atoms with Gasteiger partial charge in [-0.05, 0) is 31.9 Å². The highest BCUT2D eigenvalue weighted by atomic mass is 16.6. The minimum Gasteiger partial charge on any atom is -0.486 e. The number of nitrogens with zero attached hydrogens (tertiary/aromatic N) is 3. The number of carbonyl (C=O) groups is 1. The zero-order valence-corrected chi connectivity index (χ0v) is 16.5. The lowest BCUT2D eigenvalue weighted by Gasteiger charge is -2.19. The maximum atomic E-state index is 12.1. The Hall–Kier alpha value is -3.23. The third-order valence-corrected chi connectivity index (χ3v) is 4.76. The van der Waals surface area contributed by atoms with Crippen molar-refractivity contribution in [2.45, 2.75) is 19.8 Å². The molecule has 0 aliphatic carbocycles. The lowest BCUT2D eigenvalue weighted by Crippen LogP contribution is -2.33. The van der Waals surface area contributed by atoms with E-state index < -0.39 is 0 Å². The molecule has 9 heteroatoms. The standard InChI is InChI=1S/C20H26N6O3/c1-14-12-18(26-8-2-3-9-26)25-19(23-14)21-6-7-22-20(27)24-15-4-5-16-17(13-15)29-11-10-28-16/h4-5,12-13H,2-3,6-11H2,1H3,(H,21,23,25)(H2,22,24,27). The Morgan fingerprint density at radius 2 is 1.86 bits per heavy atom. The van der Waals surface area contributed by atoms with Crippen molar-refractivity contribution >= 4 is 23.5 Å². The highest BCUT2D eigenvalue weighted by Crippen LogP contribution is 2.32. The predicted octanol–water partition coefficient (Wildman–Crippen LogP) is 2.39. The molecule has 9 nitrogen and oxygen atoms in total. The van der Waals surface area contributed by atoms with Gasteiger partial charge in [0.1, 0.15) is 19.0 Å². The van der Waals surface area contributed by atoms with Crippen molar-refractivity contribution in [1.29, 1.82) is 0 Å². The lowest BCUT2D eigenvalue weighted by atomic mass is 10.2. The number of nitrogens with one attached hydrogen (secondary N) is 3. The van der Waals surface area contributed by atoms with Crippen LogP contribution in [0.25, 0.3) is 0 Å². The fourth-order valence-corrected chi connectivity index (χ4v) is 3.39. The Kier molecular flexibility index (Phi) is 5.83. The highest BCUT2D eigenvalue weighted by Gasteiger charge is 2.15. The molecule has 0 saturated carbocycles. The summed E-state index contributed by atoms with van der Waals surface area (Å²) < 4.78 is 11.0. The molecule has 2 aliphatic rings. The van der Waals surface area contributed by atoms with Crippen LogP contribution in [0.3, 0.4) is 0 Å². The van der Waals surface area contributed by atoms with Crippen molar-refractivity contribution in [3.05, 3.63) is 30.0 Å². The van der Waals surface area contributed by atoms with E-state index in [-0.39, 0.29) is 6.03 Å². The second-order valence-corrected chi connectivity index (χ2v) is 7.05. The molecule has 2 aliphatic heterocycles. The van der Waals surface area contributed by atoms with Crippen LogP contribution in [0.5, 0.6) is 11.5 Å². The topological polar surface area (TPSA) is 101 Å². The molecule has 1 aromatic carbocycles. The molecule has 2 aromatic rings. The van der Waals surface area contributed by atoms with Crippen LogP contribution < -0.4 is 30.3 Å². The molecule has 3 N–H and O–H groups in total. The van der Waals surface area contributed by atoms with E-state index in [9.17, 15) is 4.79 Å². The number of rotatable bonds is 6. The van der Waals surface area contributed by atoms with E-state index in [1.54, 1.807) is 18.2 Å². The first-order chi connectivity index (χ1) is 14.2. The maximum Gasteiger partial charge on any atom is 0.319 e. The molecule has 1 saturated heterocycles. The lowest BCUT2D eigenvalue weighted by molar-refractivity contribution is 0.171. The molecule has 0 unspecified atom stereocenters. The van der Waals surface area contributed by atoms with Crippen LogP contribution in [0.1, 0.15) is 18.5 Å². The van der Waals surface area contributed by atoms with Gasteiger partial charge in [-0.2, -0.15) is 4.98 Å². The number of hydrogen-bond acceptors (Lipinski definition) is 7. The molecule has 29 heavy (non-hydrogen) atoms. The van der Waals surface area contributed by atoms with E-state index >= 15 is 0 Å². The van der Waals surface area contributed by atoms with Crippen molar-refractivity contribution in [3.63, 3.8) is 0 Å². The first-order valence-corrected chi connectivity index (χ1v) is 9.96. The Bertz CT molecular complexity index is 869. The van der Waals surface area contributed by atoms with E-state index in [2.05, 4.69) is 30.8 Å². The van der Waals surface area contributed by atoms with E-state index in [0.29, 0.717) is 49.4 Å². The summed E-state index contributed by atoms with van der Waals surface area (Å²) in [5, 5.41) is 8.79. The number of amides is 2. The van der Waals surface area contributed by atoms with E-state index in [4.69, 9.17) is 9.47 Å². The van der Waals surface area contributed by atoms with Crippen LogP contribution in [0, 0.1) is 6.92 Å². The molecular weight excluding hydrogens is 372 g/mol. The average molecular weight is 398 g/mol. The number of fused-ring (bicyclic) bond motifs is 1. The van der Waals surface area contributed by atoms with Crippen molar-refractivity contribution in [2.75, 3.05) is 54.9 Å². The van der Waals surface area contributed by atoms with Crippen LogP contribution in [0.15, 0.2) is 24.3 Å². The SMILES string of the molecule is Cc1cc(N2CCCC2)nc(NCCNC(=O)Nc2ccc3c(c2)OCCO3)n1. The normalized spacial score (nSPS) is 15.1. The van der Waals surface area contributed by atoms with Gasteiger partial charge in [-0.1, -0.05) is 0 Å². The minimum atomic E-state index is -0.286. The third-order valence-electron chi connectivity index (χ3n) is 4.76. The molecule has 0 atom stereocenters. The van der Waals surface area contributed by atoms with Gasteiger partial charge in [0.15, 0.2) is 11.5 Å². The maximum absolute atomic E-state index is 12.1. The third kappa shape index (κ3) is 4.98. The average Bonchev–Trinajstić information content (AvgIpc) is 3.26. The largest absolute Gasteiger partial charge is 0.486 e. The van der Waals surface area contributed by atoms with Crippen molar-refractivity contribution in [1.82, 2.24) is 15.3 Å². The molecule has 2 amide bonds. The van der Waals surface area contributed by atoms with Crippen molar-refractivity contribution in [3.8, 4) is 11.5 Å². The Morgan fingerprint density at radius 1 is 1.07 bits per heavy atom. The molecular formula is C20H26N6O3. The number of carbonyl (C=O) groups excluding carboxylic acids is 1. The van der Waals surface area contributed by atoms with E-state index in [0.717, 1.165) is 24.6 Å². The number of anilines is 3. The Balaban J connectivity index is 1.24. The van der Waals surface area contributed by atoms with Gasteiger partial charge in [0.2, 0.25) is 5.95 Å². The van der Waals surface area contributed by atoms with Crippen LogP contribution in [-0.2, 0) is 0 Å². The zero-order valence-electron chi connectivity index (χ0n) is 16.5. The Labute approximate surface area is 169 Å². The molecule has 1 aromatic heterocycles. The van der Waals surface area contributed by atoms with Crippen molar-refractivity contribution < 1.29 is 14.3 Å². The minimum absolute atomic E-state index is 0.286. The summed E-state index contributed by atoms with van der Waals surface area (Å²) in [5.74, 6) is 2.88.